The number of non-ortho nitro benzene ring substituents is 1. The summed E-state index contributed by atoms with van der Waals surface area (Å²) in [6, 6.07) is 8.56. The van der Waals surface area contributed by atoms with Crippen LogP contribution in [0.4, 0.5) is 10.5 Å². The van der Waals surface area contributed by atoms with Crippen LogP contribution in [-0.4, -0.2) is 49.7 Å². The second kappa shape index (κ2) is 10.4. The van der Waals surface area contributed by atoms with Gasteiger partial charge in [-0.1, -0.05) is 5.21 Å². The molecule has 4 atom stereocenters. The van der Waals surface area contributed by atoms with Gasteiger partial charge in [-0.2, -0.15) is 0 Å². The van der Waals surface area contributed by atoms with E-state index in [1.54, 1.807) is 32.3 Å². The summed E-state index contributed by atoms with van der Waals surface area (Å²) >= 11 is 0. The number of carbonyl (C=O) groups excluding carboxylic acids is 2. The molecule has 0 saturated heterocycles. The van der Waals surface area contributed by atoms with Gasteiger partial charge in [-0.15, -0.1) is 5.10 Å². The second-order valence-corrected chi connectivity index (χ2v) is 9.03. The third kappa shape index (κ3) is 5.12. The van der Waals surface area contributed by atoms with Crippen molar-refractivity contribution in [3.8, 4) is 22.9 Å². The number of hydrogen-bond acceptors (Lipinski definition) is 11. The fraction of sp³-hybridized carbons (Fsp3) is 0.400. The Morgan fingerprint density at radius 1 is 1.11 bits per heavy atom. The van der Waals surface area contributed by atoms with Crippen LogP contribution in [0.2, 0.25) is 0 Å². The maximum Gasteiger partial charge on any atom is 0.514 e. The van der Waals surface area contributed by atoms with Gasteiger partial charge in [0.2, 0.25) is 0 Å². The van der Waals surface area contributed by atoms with Crippen molar-refractivity contribution in [2.45, 2.75) is 32.5 Å². The summed E-state index contributed by atoms with van der Waals surface area (Å²) in [5.74, 6) is 0.995. The summed E-state index contributed by atoms with van der Waals surface area (Å²) in [6.07, 6.45) is 2.38. The summed E-state index contributed by atoms with van der Waals surface area (Å²) < 4.78 is 23.0. The van der Waals surface area contributed by atoms with Crippen LogP contribution < -0.4 is 9.47 Å². The molecule has 0 N–H and O–H groups in total. The molecule has 2 aliphatic carbocycles. The maximum absolute atomic E-state index is 12.1. The quantitative estimate of drug-likeness (QED) is 0.175. The third-order valence-electron chi connectivity index (χ3n) is 6.79. The molecule has 0 bridgehead atoms. The first-order chi connectivity index (χ1) is 18.4. The minimum Gasteiger partial charge on any atom is -0.488 e. The topological polar surface area (TPSA) is 158 Å². The number of hydrogen-bond donors (Lipinski definition) is 0. The fourth-order valence-electron chi connectivity index (χ4n) is 4.93. The number of rotatable bonds is 9. The van der Waals surface area contributed by atoms with Crippen LogP contribution in [0.3, 0.4) is 0 Å². The first-order valence-corrected chi connectivity index (χ1v) is 12.1. The maximum atomic E-state index is 12.1. The van der Waals surface area contributed by atoms with Gasteiger partial charge in [-0.3, -0.25) is 19.9 Å². The molecule has 2 aromatic heterocycles. The predicted octanol–water partition coefficient (Wildman–Crippen LogP) is 3.47. The number of aromatic nitrogens is 4. The highest BCUT2D eigenvalue weighted by Gasteiger charge is 2.63. The van der Waals surface area contributed by atoms with Crippen molar-refractivity contribution < 1.29 is 33.5 Å². The Bertz CT molecular complexity index is 1340. The zero-order chi connectivity index (χ0) is 26.8. The van der Waals surface area contributed by atoms with Crippen LogP contribution in [-0.2, 0) is 27.9 Å². The average molecular weight is 524 g/mol. The summed E-state index contributed by atoms with van der Waals surface area (Å²) in [5.41, 5.74) is 1.29. The van der Waals surface area contributed by atoms with E-state index in [2.05, 4.69) is 15.3 Å². The lowest BCUT2D eigenvalue weighted by Crippen LogP contribution is -2.21. The van der Waals surface area contributed by atoms with Gasteiger partial charge in [0, 0.05) is 25.1 Å². The zero-order valence-electron chi connectivity index (χ0n) is 20.7. The molecule has 13 nitrogen and oxygen atoms in total. The Kier molecular flexibility index (Phi) is 6.90. The Labute approximate surface area is 216 Å². The molecule has 0 spiro atoms. The molecular formula is C25H25N5O8. The number of nitrogens with zero attached hydrogens (tertiary/aromatic N) is 5. The van der Waals surface area contributed by atoms with Crippen LogP contribution in [0.1, 0.15) is 25.5 Å². The number of nitro benzene ring substituents is 1. The van der Waals surface area contributed by atoms with Crippen LogP contribution >= 0.6 is 0 Å². The normalized spacial score (nSPS) is 21.3. The van der Waals surface area contributed by atoms with Crippen molar-refractivity contribution in [2.75, 3.05) is 6.61 Å². The van der Waals surface area contributed by atoms with E-state index in [1.807, 2.05) is 0 Å². The van der Waals surface area contributed by atoms with Gasteiger partial charge in [0.15, 0.2) is 0 Å². The van der Waals surface area contributed by atoms with Crippen molar-refractivity contribution in [1.82, 2.24) is 20.0 Å². The van der Waals surface area contributed by atoms with E-state index in [4.69, 9.17) is 18.9 Å². The largest absolute Gasteiger partial charge is 0.514 e. The van der Waals surface area contributed by atoms with Crippen LogP contribution in [0.15, 0.2) is 42.6 Å². The SMILES string of the molecule is CCOC(=O)[C@@H]1[C@@H]2CC[C@@H](Oc3ccc(-c4nnn(C)c4COC(=O)Oc4ccc([N+](=O)[O-])cc4)nc3)[C@@H]21. The molecule has 198 valence electrons. The molecule has 0 amide bonds. The minimum absolute atomic E-state index is 0.0516. The van der Waals surface area contributed by atoms with Gasteiger partial charge in [0.05, 0.1) is 29.3 Å². The summed E-state index contributed by atoms with van der Waals surface area (Å²) in [4.78, 5) is 38.9. The van der Waals surface area contributed by atoms with E-state index in [-0.39, 0.29) is 42.0 Å². The molecule has 2 aliphatic rings. The van der Waals surface area contributed by atoms with E-state index >= 15 is 0 Å². The molecule has 2 fully saturated rings. The van der Waals surface area contributed by atoms with E-state index in [1.165, 1.54) is 28.9 Å². The summed E-state index contributed by atoms with van der Waals surface area (Å²) in [7, 11) is 1.65. The molecule has 0 radical (unpaired) electrons. The van der Waals surface area contributed by atoms with Gasteiger partial charge >= 0.3 is 12.1 Å². The van der Waals surface area contributed by atoms with Gasteiger partial charge in [0.1, 0.15) is 35.6 Å². The van der Waals surface area contributed by atoms with E-state index < -0.39 is 11.1 Å². The number of esters is 1. The summed E-state index contributed by atoms with van der Waals surface area (Å²) in [6.45, 7) is 1.99. The molecule has 5 rings (SSSR count). The highest BCUT2D eigenvalue weighted by atomic mass is 16.7. The Morgan fingerprint density at radius 3 is 2.55 bits per heavy atom. The first kappa shape index (κ1) is 25.1. The summed E-state index contributed by atoms with van der Waals surface area (Å²) in [5, 5.41) is 18.9. The Balaban J connectivity index is 1.18. The highest BCUT2D eigenvalue weighted by Crippen LogP contribution is 2.58. The molecule has 0 unspecified atom stereocenters. The second-order valence-electron chi connectivity index (χ2n) is 9.03. The van der Waals surface area contributed by atoms with Crippen molar-refractivity contribution in [2.24, 2.45) is 24.8 Å². The van der Waals surface area contributed by atoms with Gasteiger partial charge < -0.3 is 18.9 Å². The van der Waals surface area contributed by atoms with Gasteiger partial charge in [-0.25, -0.2) is 9.48 Å². The van der Waals surface area contributed by atoms with Crippen molar-refractivity contribution in [3.05, 3.63) is 58.4 Å². The molecule has 2 heterocycles. The number of carbonyl (C=O) groups is 2. The number of nitro groups is 1. The van der Waals surface area contributed by atoms with Crippen molar-refractivity contribution in [1.29, 1.82) is 0 Å². The van der Waals surface area contributed by atoms with Crippen LogP contribution in [0.5, 0.6) is 11.5 Å². The lowest BCUT2D eigenvalue weighted by Gasteiger charge is -2.16. The lowest BCUT2D eigenvalue weighted by molar-refractivity contribution is -0.384. The van der Waals surface area contributed by atoms with Crippen molar-refractivity contribution in [3.63, 3.8) is 0 Å². The van der Waals surface area contributed by atoms with E-state index in [0.29, 0.717) is 35.4 Å². The molecule has 1 aromatic carbocycles. The minimum atomic E-state index is -0.987. The number of aryl methyl sites for hydroxylation is 1. The molecule has 2 saturated carbocycles. The number of pyridine rings is 1. The fourth-order valence-corrected chi connectivity index (χ4v) is 4.93. The molecule has 3 aromatic rings. The Hall–Kier alpha value is -4.55. The lowest BCUT2D eigenvalue weighted by atomic mass is 10.1. The number of benzene rings is 1. The van der Waals surface area contributed by atoms with E-state index in [0.717, 1.165) is 12.8 Å². The van der Waals surface area contributed by atoms with Crippen LogP contribution in [0, 0.1) is 27.9 Å². The molecule has 0 aliphatic heterocycles. The Morgan fingerprint density at radius 2 is 1.87 bits per heavy atom. The third-order valence-corrected chi connectivity index (χ3v) is 6.79. The average Bonchev–Trinajstić information content (AvgIpc) is 3.31. The highest BCUT2D eigenvalue weighted by molar-refractivity contribution is 5.77. The van der Waals surface area contributed by atoms with Gasteiger partial charge in [-0.05, 0) is 49.9 Å². The number of fused-ring (bicyclic) bond motifs is 1. The number of ether oxygens (including phenoxy) is 4. The van der Waals surface area contributed by atoms with E-state index in [9.17, 15) is 19.7 Å². The smallest absolute Gasteiger partial charge is 0.488 e. The zero-order valence-corrected chi connectivity index (χ0v) is 20.7. The first-order valence-electron chi connectivity index (χ1n) is 12.1. The molecular weight excluding hydrogens is 498 g/mol. The van der Waals surface area contributed by atoms with Crippen molar-refractivity contribution >= 4 is 17.8 Å². The predicted molar refractivity (Wildman–Crippen MR) is 129 cm³/mol. The molecule has 38 heavy (non-hydrogen) atoms. The molecule has 13 heteroatoms. The monoisotopic (exact) mass is 523 g/mol. The van der Waals surface area contributed by atoms with Crippen LogP contribution in [0.25, 0.3) is 11.4 Å². The van der Waals surface area contributed by atoms with Gasteiger partial charge in [0.25, 0.3) is 5.69 Å². The standard InChI is InChI=1S/C25H25N5O8/c1-3-35-24(31)22-17-9-11-20(21(17)22)37-16-8-10-18(26-12-16)23-19(29(2)28-27-23)13-36-25(32)38-15-6-4-14(5-7-15)30(33)34/h4-8,10,12,17,20-22H,3,9,11,13H2,1-2H3/t17-,20-,21-,22-/m1/s1.